The molecule has 0 amide bonds. The first-order valence-electron chi connectivity index (χ1n) is 6.43. The first-order valence-corrected chi connectivity index (χ1v) is 6.43. The summed E-state index contributed by atoms with van der Waals surface area (Å²) < 4.78 is 2.19. The van der Waals surface area contributed by atoms with Gasteiger partial charge in [0, 0.05) is 10.9 Å². The van der Waals surface area contributed by atoms with E-state index in [4.69, 9.17) is 0 Å². The van der Waals surface area contributed by atoms with Crippen LogP contribution in [0.1, 0.15) is 24.3 Å². The first-order chi connectivity index (χ1) is 8.34. The Bertz CT molecular complexity index is 527. The van der Waals surface area contributed by atoms with E-state index >= 15 is 0 Å². The van der Waals surface area contributed by atoms with Gasteiger partial charge >= 0.3 is 0 Å². The van der Waals surface area contributed by atoms with Crippen LogP contribution in [-0.2, 0) is 7.05 Å². The highest BCUT2D eigenvalue weighted by Crippen LogP contribution is 2.29. The third-order valence-electron chi connectivity index (χ3n) is 3.74. The molecular formula is C15H19N2+. The van der Waals surface area contributed by atoms with Gasteiger partial charge in [-0.15, -0.1) is 0 Å². The van der Waals surface area contributed by atoms with E-state index in [1.54, 1.807) is 0 Å². The third-order valence-corrected chi connectivity index (χ3v) is 3.74. The maximum atomic E-state index is 3.44. The second-order valence-electron chi connectivity index (χ2n) is 4.99. The van der Waals surface area contributed by atoms with Crippen molar-refractivity contribution >= 4 is 10.8 Å². The van der Waals surface area contributed by atoms with Crippen molar-refractivity contribution in [1.82, 2.24) is 5.32 Å². The number of benzene rings is 1. The van der Waals surface area contributed by atoms with Crippen LogP contribution in [0.25, 0.3) is 10.8 Å². The zero-order valence-corrected chi connectivity index (χ0v) is 10.3. The normalized spacial score (nSPS) is 17.5. The minimum absolute atomic E-state index is 0.716. The zero-order valence-electron chi connectivity index (χ0n) is 10.3. The Balaban J connectivity index is 2.13. The topological polar surface area (TPSA) is 15.9 Å². The van der Waals surface area contributed by atoms with Crippen LogP contribution in [0.2, 0.25) is 0 Å². The lowest BCUT2D eigenvalue weighted by atomic mass is 9.88. The van der Waals surface area contributed by atoms with E-state index in [9.17, 15) is 0 Å². The molecule has 0 saturated carbocycles. The number of aromatic nitrogens is 1. The summed E-state index contributed by atoms with van der Waals surface area (Å²) in [5, 5.41) is 6.22. The molecule has 1 aliphatic heterocycles. The second kappa shape index (κ2) is 4.46. The molecule has 1 fully saturated rings. The maximum Gasteiger partial charge on any atom is 0.176 e. The van der Waals surface area contributed by atoms with Crippen LogP contribution in [0, 0.1) is 0 Å². The lowest BCUT2D eigenvalue weighted by molar-refractivity contribution is -0.670. The Morgan fingerprint density at radius 1 is 1.12 bits per heavy atom. The molecule has 1 saturated heterocycles. The SMILES string of the molecule is C[n+]1cc(C2CCNCC2)c2ccccc2c1. The number of aryl methyl sites for hydroxylation is 1. The van der Waals surface area contributed by atoms with E-state index in [0.29, 0.717) is 5.92 Å². The van der Waals surface area contributed by atoms with Gasteiger partial charge in [-0.2, -0.15) is 0 Å². The van der Waals surface area contributed by atoms with Gasteiger partial charge in [0.2, 0.25) is 0 Å². The van der Waals surface area contributed by atoms with Gasteiger partial charge in [-0.1, -0.05) is 18.2 Å². The van der Waals surface area contributed by atoms with Crippen LogP contribution in [0.15, 0.2) is 36.7 Å². The highest BCUT2D eigenvalue weighted by molar-refractivity contribution is 5.84. The number of nitrogens with one attached hydrogen (secondary N) is 1. The number of nitrogens with zero attached hydrogens (tertiary/aromatic N) is 1. The molecule has 0 aliphatic carbocycles. The van der Waals surface area contributed by atoms with Gasteiger partial charge in [0.05, 0.1) is 0 Å². The van der Waals surface area contributed by atoms with Crippen molar-refractivity contribution in [3.05, 3.63) is 42.2 Å². The lowest BCUT2D eigenvalue weighted by Crippen LogP contribution is -2.31. The Morgan fingerprint density at radius 3 is 2.71 bits per heavy atom. The van der Waals surface area contributed by atoms with Crippen LogP contribution in [0.4, 0.5) is 0 Å². The van der Waals surface area contributed by atoms with Crippen molar-refractivity contribution in [1.29, 1.82) is 0 Å². The highest BCUT2D eigenvalue weighted by atomic mass is 14.9. The molecule has 0 unspecified atom stereocenters. The maximum absolute atomic E-state index is 3.44. The van der Waals surface area contributed by atoms with Crippen LogP contribution < -0.4 is 9.88 Å². The molecule has 0 spiro atoms. The predicted molar refractivity (Wildman–Crippen MR) is 70.0 cm³/mol. The van der Waals surface area contributed by atoms with Crippen molar-refractivity contribution in [3.63, 3.8) is 0 Å². The monoisotopic (exact) mass is 227 g/mol. The largest absolute Gasteiger partial charge is 0.317 e. The van der Waals surface area contributed by atoms with E-state index < -0.39 is 0 Å². The van der Waals surface area contributed by atoms with Crippen molar-refractivity contribution in [3.8, 4) is 0 Å². The molecule has 2 heterocycles. The molecule has 1 aromatic heterocycles. The number of fused-ring (bicyclic) bond motifs is 1. The summed E-state index contributed by atoms with van der Waals surface area (Å²) in [5.74, 6) is 0.716. The molecule has 0 atom stereocenters. The quantitative estimate of drug-likeness (QED) is 0.738. The summed E-state index contributed by atoms with van der Waals surface area (Å²) in [4.78, 5) is 0. The Hall–Kier alpha value is -1.41. The molecule has 3 rings (SSSR count). The molecule has 88 valence electrons. The van der Waals surface area contributed by atoms with Gasteiger partial charge in [-0.05, 0) is 43.3 Å². The fourth-order valence-corrected chi connectivity index (χ4v) is 2.88. The van der Waals surface area contributed by atoms with Crippen molar-refractivity contribution in [2.24, 2.45) is 7.05 Å². The molecule has 2 heteroatoms. The first kappa shape index (κ1) is 10.7. The average molecular weight is 227 g/mol. The standard InChI is InChI=1S/C15H19N2/c1-17-10-13-4-2-3-5-14(13)15(11-17)12-6-8-16-9-7-12/h2-5,10-12,16H,6-9H2,1H3/q+1. The number of hydrogen-bond acceptors (Lipinski definition) is 1. The fourth-order valence-electron chi connectivity index (χ4n) is 2.88. The van der Waals surface area contributed by atoms with Gasteiger partial charge in [-0.25, -0.2) is 4.57 Å². The molecule has 2 nitrogen and oxygen atoms in total. The van der Waals surface area contributed by atoms with Crippen LogP contribution in [0.5, 0.6) is 0 Å². The minimum Gasteiger partial charge on any atom is -0.317 e. The van der Waals surface area contributed by atoms with E-state index in [1.807, 2.05) is 0 Å². The summed E-state index contributed by atoms with van der Waals surface area (Å²) in [6, 6.07) is 8.73. The van der Waals surface area contributed by atoms with Crippen molar-refractivity contribution < 1.29 is 4.57 Å². The van der Waals surface area contributed by atoms with Gasteiger partial charge < -0.3 is 5.32 Å². The van der Waals surface area contributed by atoms with Gasteiger partial charge in [0.15, 0.2) is 12.4 Å². The molecule has 0 radical (unpaired) electrons. The van der Waals surface area contributed by atoms with Gasteiger partial charge in [0.25, 0.3) is 0 Å². The molecule has 1 aliphatic rings. The number of pyridine rings is 1. The third kappa shape index (κ3) is 2.05. The molecule has 17 heavy (non-hydrogen) atoms. The van der Waals surface area contributed by atoms with Crippen LogP contribution in [0.3, 0.4) is 0 Å². The second-order valence-corrected chi connectivity index (χ2v) is 4.99. The Morgan fingerprint density at radius 2 is 1.88 bits per heavy atom. The summed E-state index contributed by atoms with van der Waals surface area (Å²) in [6.07, 6.45) is 7.03. The zero-order chi connectivity index (χ0) is 11.7. The highest BCUT2D eigenvalue weighted by Gasteiger charge is 2.20. The number of piperidine rings is 1. The summed E-state index contributed by atoms with van der Waals surface area (Å²) in [6.45, 7) is 2.30. The van der Waals surface area contributed by atoms with E-state index in [-0.39, 0.29) is 0 Å². The van der Waals surface area contributed by atoms with E-state index in [0.717, 1.165) is 13.1 Å². The minimum atomic E-state index is 0.716. The molecular weight excluding hydrogens is 208 g/mol. The summed E-state index contributed by atoms with van der Waals surface area (Å²) >= 11 is 0. The smallest absolute Gasteiger partial charge is 0.176 e. The summed E-state index contributed by atoms with van der Waals surface area (Å²) in [7, 11) is 2.12. The molecule has 1 aromatic carbocycles. The fraction of sp³-hybridized carbons (Fsp3) is 0.400. The predicted octanol–water partition coefficient (Wildman–Crippen LogP) is 2.13. The Labute approximate surface area is 102 Å². The van der Waals surface area contributed by atoms with Crippen LogP contribution in [-0.4, -0.2) is 13.1 Å². The molecule has 2 aromatic rings. The van der Waals surface area contributed by atoms with Crippen molar-refractivity contribution in [2.45, 2.75) is 18.8 Å². The van der Waals surface area contributed by atoms with Crippen LogP contribution >= 0.6 is 0 Å². The van der Waals surface area contributed by atoms with Gasteiger partial charge in [-0.3, -0.25) is 0 Å². The lowest BCUT2D eigenvalue weighted by Gasteiger charge is -2.23. The van der Waals surface area contributed by atoms with Gasteiger partial charge in [0.1, 0.15) is 7.05 Å². The Kier molecular flexibility index (Phi) is 2.81. The van der Waals surface area contributed by atoms with Crippen molar-refractivity contribution in [2.75, 3.05) is 13.1 Å². The molecule has 1 N–H and O–H groups in total. The average Bonchev–Trinajstić information content (AvgIpc) is 2.39. The summed E-state index contributed by atoms with van der Waals surface area (Å²) in [5.41, 5.74) is 1.52. The van der Waals surface area contributed by atoms with E-state index in [2.05, 4.69) is 53.6 Å². The number of rotatable bonds is 1. The molecule has 0 bridgehead atoms. The van der Waals surface area contributed by atoms with E-state index in [1.165, 1.54) is 29.2 Å². The number of hydrogen-bond donors (Lipinski definition) is 1.